The molecule has 2 heterocycles. The Bertz CT molecular complexity index is 467. The van der Waals surface area contributed by atoms with E-state index in [0.717, 1.165) is 32.4 Å². The number of carboxylic acids is 1. The number of amides is 2. The van der Waals surface area contributed by atoms with Crippen LogP contribution in [-0.4, -0.2) is 63.8 Å². The highest BCUT2D eigenvalue weighted by Crippen LogP contribution is 2.46. The predicted octanol–water partition coefficient (Wildman–Crippen LogP) is 1.78. The topological polar surface area (TPSA) is 81.1 Å². The van der Waals surface area contributed by atoms with Crippen LogP contribution in [0.3, 0.4) is 0 Å². The number of carbonyl (C=O) groups excluding carboxylic acids is 1. The van der Waals surface area contributed by atoms with E-state index < -0.39 is 17.5 Å². The van der Waals surface area contributed by atoms with Crippen LogP contribution in [0.2, 0.25) is 0 Å². The van der Waals surface area contributed by atoms with E-state index in [-0.39, 0.29) is 11.9 Å². The number of hydrogen-bond acceptors (Lipinski definition) is 3. The van der Waals surface area contributed by atoms with Gasteiger partial charge in [-0.2, -0.15) is 0 Å². The highest BCUT2D eigenvalue weighted by molar-refractivity contribution is 5.74. The van der Waals surface area contributed by atoms with E-state index in [0.29, 0.717) is 31.8 Å². The molecule has 2 N–H and O–H groups in total. The van der Waals surface area contributed by atoms with E-state index in [1.54, 1.807) is 0 Å². The molecule has 130 valence electrons. The van der Waals surface area contributed by atoms with Crippen molar-refractivity contribution < 1.29 is 19.8 Å². The monoisotopic (exact) mass is 324 g/mol. The second kappa shape index (κ2) is 6.30. The summed E-state index contributed by atoms with van der Waals surface area (Å²) in [5.74, 6) is -0.493. The fourth-order valence-electron chi connectivity index (χ4n) is 4.47. The van der Waals surface area contributed by atoms with Gasteiger partial charge in [-0.1, -0.05) is 6.92 Å². The smallest absolute Gasteiger partial charge is 0.320 e. The summed E-state index contributed by atoms with van der Waals surface area (Å²) < 4.78 is 0. The maximum absolute atomic E-state index is 12.6. The molecule has 0 spiro atoms. The number of carboxylic acid groups (broad SMARTS) is 1. The lowest BCUT2D eigenvalue weighted by Crippen LogP contribution is -2.56. The minimum Gasteiger partial charge on any atom is -0.481 e. The second-order valence-corrected chi connectivity index (χ2v) is 7.78. The molecule has 1 unspecified atom stereocenters. The molecule has 2 aliphatic heterocycles. The normalized spacial score (nSPS) is 35.7. The van der Waals surface area contributed by atoms with Gasteiger partial charge in [0.15, 0.2) is 0 Å². The molecule has 0 aromatic heterocycles. The van der Waals surface area contributed by atoms with Crippen LogP contribution < -0.4 is 0 Å². The molecule has 6 heteroatoms. The SMILES string of the molecule is CC1CCCN(C(=O)N2CCC(C3(O)CC(C(=O)O)C3)CC2)C1. The Morgan fingerprint density at radius 3 is 2.26 bits per heavy atom. The van der Waals surface area contributed by atoms with Gasteiger partial charge < -0.3 is 20.0 Å². The maximum Gasteiger partial charge on any atom is 0.320 e. The van der Waals surface area contributed by atoms with Gasteiger partial charge in [0.05, 0.1) is 11.5 Å². The van der Waals surface area contributed by atoms with Gasteiger partial charge in [-0.15, -0.1) is 0 Å². The molecule has 2 amide bonds. The minimum atomic E-state index is -0.822. The van der Waals surface area contributed by atoms with E-state index >= 15 is 0 Å². The van der Waals surface area contributed by atoms with Crippen molar-refractivity contribution in [2.75, 3.05) is 26.2 Å². The molecular weight excluding hydrogens is 296 g/mol. The van der Waals surface area contributed by atoms with Crippen LogP contribution in [0.4, 0.5) is 4.79 Å². The first kappa shape index (κ1) is 16.6. The van der Waals surface area contributed by atoms with Crippen molar-refractivity contribution in [3.63, 3.8) is 0 Å². The fraction of sp³-hybridized carbons (Fsp3) is 0.882. The molecule has 23 heavy (non-hydrogen) atoms. The molecule has 0 aromatic carbocycles. The van der Waals surface area contributed by atoms with Crippen LogP contribution in [0, 0.1) is 17.8 Å². The zero-order chi connectivity index (χ0) is 16.6. The van der Waals surface area contributed by atoms with Crippen LogP contribution in [0.15, 0.2) is 0 Å². The standard InChI is InChI=1S/C17H28N2O4/c1-12-3-2-6-19(11-12)16(22)18-7-4-14(5-8-18)17(23)9-13(10-17)15(20)21/h12-14,23H,2-11H2,1H3,(H,20,21). The van der Waals surface area contributed by atoms with Crippen molar-refractivity contribution in [3.05, 3.63) is 0 Å². The highest BCUT2D eigenvalue weighted by Gasteiger charge is 2.51. The van der Waals surface area contributed by atoms with Crippen LogP contribution in [0.25, 0.3) is 0 Å². The lowest BCUT2D eigenvalue weighted by molar-refractivity contribution is -0.169. The lowest BCUT2D eigenvalue weighted by Gasteiger charge is -2.49. The number of aliphatic carboxylic acids is 1. The summed E-state index contributed by atoms with van der Waals surface area (Å²) in [4.78, 5) is 27.4. The summed E-state index contributed by atoms with van der Waals surface area (Å²) >= 11 is 0. The van der Waals surface area contributed by atoms with Gasteiger partial charge in [-0.05, 0) is 50.4 Å². The second-order valence-electron chi connectivity index (χ2n) is 7.78. The first-order valence-electron chi connectivity index (χ1n) is 8.88. The number of piperidine rings is 2. The molecular formula is C17H28N2O4. The third-order valence-electron chi connectivity index (χ3n) is 6.00. The van der Waals surface area contributed by atoms with Crippen molar-refractivity contribution in [3.8, 4) is 0 Å². The molecule has 0 aromatic rings. The third kappa shape index (κ3) is 3.32. The van der Waals surface area contributed by atoms with E-state index in [2.05, 4.69) is 6.92 Å². The molecule has 3 fully saturated rings. The minimum absolute atomic E-state index is 0.127. The number of urea groups is 1. The van der Waals surface area contributed by atoms with Crippen LogP contribution >= 0.6 is 0 Å². The first-order chi connectivity index (χ1) is 10.9. The molecule has 2 saturated heterocycles. The molecule has 1 saturated carbocycles. The Balaban J connectivity index is 1.49. The lowest BCUT2D eigenvalue weighted by atomic mass is 9.62. The Morgan fingerprint density at radius 1 is 1.04 bits per heavy atom. The number of aliphatic hydroxyl groups is 1. The third-order valence-corrected chi connectivity index (χ3v) is 6.00. The largest absolute Gasteiger partial charge is 0.481 e. The summed E-state index contributed by atoms with van der Waals surface area (Å²) in [5.41, 5.74) is -0.822. The number of nitrogens with zero attached hydrogens (tertiary/aromatic N) is 2. The van der Waals surface area contributed by atoms with Crippen molar-refractivity contribution in [2.45, 2.75) is 51.0 Å². The van der Waals surface area contributed by atoms with Gasteiger partial charge >= 0.3 is 12.0 Å². The van der Waals surface area contributed by atoms with E-state index in [1.807, 2.05) is 9.80 Å². The van der Waals surface area contributed by atoms with Crippen LogP contribution in [-0.2, 0) is 4.79 Å². The summed E-state index contributed by atoms with van der Waals surface area (Å²) in [6.45, 7) is 5.25. The number of rotatable bonds is 2. The van der Waals surface area contributed by atoms with Gasteiger partial charge in [0.25, 0.3) is 0 Å². The van der Waals surface area contributed by atoms with Crippen molar-refractivity contribution >= 4 is 12.0 Å². The van der Waals surface area contributed by atoms with Crippen LogP contribution in [0.1, 0.15) is 45.4 Å². The molecule has 3 aliphatic rings. The summed E-state index contributed by atoms with van der Waals surface area (Å²) in [6, 6.07) is 0.138. The predicted molar refractivity (Wildman–Crippen MR) is 85.0 cm³/mol. The number of likely N-dealkylation sites (tertiary alicyclic amines) is 2. The van der Waals surface area contributed by atoms with Crippen LogP contribution in [0.5, 0.6) is 0 Å². The Labute approximate surface area is 137 Å². The molecule has 0 radical (unpaired) electrons. The molecule has 6 nitrogen and oxygen atoms in total. The number of hydrogen-bond donors (Lipinski definition) is 2. The van der Waals surface area contributed by atoms with Gasteiger partial charge in [0, 0.05) is 26.2 Å². The average Bonchev–Trinajstić information content (AvgIpc) is 2.51. The molecule has 0 bridgehead atoms. The summed E-state index contributed by atoms with van der Waals surface area (Å²) in [5, 5.41) is 19.6. The summed E-state index contributed by atoms with van der Waals surface area (Å²) in [7, 11) is 0. The van der Waals surface area contributed by atoms with Crippen molar-refractivity contribution in [1.82, 2.24) is 9.80 Å². The quantitative estimate of drug-likeness (QED) is 0.811. The van der Waals surface area contributed by atoms with Gasteiger partial charge in [-0.25, -0.2) is 4.79 Å². The van der Waals surface area contributed by atoms with E-state index in [1.165, 1.54) is 6.42 Å². The number of carbonyl (C=O) groups is 2. The van der Waals surface area contributed by atoms with Crippen molar-refractivity contribution in [2.24, 2.45) is 17.8 Å². The van der Waals surface area contributed by atoms with E-state index in [9.17, 15) is 14.7 Å². The fourth-order valence-corrected chi connectivity index (χ4v) is 4.47. The zero-order valence-electron chi connectivity index (χ0n) is 13.9. The molecule has 3 rings (SSSR count). The van der Waals surface area contributed by atoms with Crippen molar-refractivity contribution in [1.29, 1.82) is 0 Å². The Hall–Kier alpha value is -1.30. The molecule has 1 atom stereocenters. The van der Waals surface area contributed by atoms with Gasteiger partial charge in [-0.3, -0.25) is 4.79 Å². The maximum atomic E-state index is 12.6. The highest BCUT2D eigenvalue weighted by atomic mass is 16.4. The first-order valence-corrected chi connectivity index (χ1v) is 8.88. The average molecular weight is 324 g/mol. The Morgan fingerprint density at radius 2 is 1.70 bits per heavy atom. The summed E-state index contributed by atoms with van der Waals surface area (Å²) in [6.07, 6.45) is 4.56. The Kier molecular flexibility index (Phi) is 4.54. The zero-order valence-corrected chi connectivity index (χ0v) is 13.9. The van der Waals surface area contributed by atoms with Gasteiger partial charge in [0.2, 0.25) is 0 Å². The van der Waals surface area contributed by atoms with Gasteiger partial charge in [0.1, 0.15) is 0 Å². The van der Waals surface area contributed by atoms with E-state index in [4.69, 9.17) is 5.11 Å². The molecule has 1 aliphatic carbocycles.